The largest absolute Gasteiger partial charge is 0.353 e. The van der Waals surface area contributed by atoms with E-state index >= 15 is 0 Å². The Bertz CT molecular complexity index is 360. The molecule has 5 nitrogen and oxygen atoms in total. The molecule has 1 aromatic carbocycles. The number of nitrogens with one attached hydrogen (secondary N) is 3. The quantitative estimate of drug-likeness (QED) is 0.462. The summed E-state index contributed by atoms with van der Waals surface area (Å²) in [7, 11) is 0. The van der Waals surface area contributed by atoms with Crippen LogP contribution >= 0.6 is 0 Å². The van der Waals surface area contributed by atoms with E-state index in [4.69, 9.17) is 5.41 Å². The molecular weight excluding hydrogens is 216 g/mol. The van der Waals surface area contributed by atoms with Gasteiger partial charge < -0.3 is 15.8 Å². The fourth-order valence-electron chi connectivity index (χ4n) is 1.92. The number of hydrogen-bond acceptors (Lipinski definition) is 3. The van der Waals surface area contributed by atoms with Crippen molar-refractivity contribution in [3.63, 3.8) is 0 Å². The van der Waals surface area contributed by atoms with Gasteiger partial charge in [-0.05, 0) is 25.0 Å². The fraction of sp³-hybridized carbons (Fsp3) is 0.417. The molecule has 1 fully saturated rings. The molecule has 92 valence electrons. The fourth-order valence-corrected chi connectivity index (χ4v) is 1.92. The lowest BCUT2D eigenvalue weighted by Gasteiger charge is -2.28. The molecule has 2 rings (SSSR count). The van der Waals surface area contributed by atoms with Crippen LogP contribution in [0.5, 0.6) is 0 Å². The van der Waals surface area contributed by atoms with Crippen LogP contribution in [0.1, 0.15) is 12.8 Å². The SMILES string of the molecule is N=C(Nc1ccccc1)NC1CCN(O)CC1. The molecule has 1 aliphatic rings. The molecule has 4 N–H and O–H groups in total. The second kappa shape index (κ2) is 5.65. The highest BCUT2D eigenvalue weighted by Crippen LogP contribution is 2.09. The third kappa shape index (κ3) is 3.72. The van der Waals surface area contributed by atoms with Crippen LogP contribution in [0, 0.1) is 5.41 Å². The first-order valence-corrected chi connectivity index (χ1v) is 5.85. The standard InChI is InChI=1S/C12H18N4O/c13-12(14-10-4-2-1-3-5-10)15-11-6-8-16(17)9-7-11/h1-5,11,17H,6-9H2,(H3,13,14,15). The predicted molar refractivity (Wildman–Crippen MR) is 67.3 cm³/mol. The van der Waals surface area contributed by atoms with E-state index in [1.807, 2.05) is 30.3 Å². The molecule has 0 radical (unpaired) electrons. The summed E-state index contributed by atoms with van der Waals surface area (Å²) in [6, 6.07) is 9.92. The number of guanidine groups is 1. The highest BCUT2D eigenvalue weighted by molar-refractivity contribution is 5.91. The van der Waals surface area contributed by atoms with Gasteiger partial charge in [0.1, 0.15) is 0 Å². The van der Waals surface area contributed by atoms with Crippen molar-refractivity contribution in [2.45, 2.75) is 18.9 Å². The number of piperidine rings is 1. The number of rotatable bonds is 2. The topological polar surface area (TPSA) is 71.4 Å². The summed E-state index contributed by atoms with van der Waals surface area (Å²) in [6.07, 6.45) is 1.71. The Hall–Kier alpha value is -1.59. The van der Waals surface area contributed by atoms with Crippen LogP contribution in [0.2, 0.25) is 0 Å². The van der Waals surface area contributed by atoms with Crippen molar-refractivity contribution in [3.8, 4) is 0 Å². The van der Waals surface area contributed by atoms with E-state index < -0.39 is 0 Å². The van der Waals surface area contributed by atoms with Crippen molar-refractivity contribution < 1.29 is 5.21 Å². The Morgan fingerprint density at radius 2 is 1.88 bits per heavy atom. The van der Waals surface area contributed by atoms with E-state index in [1.54, 1.807) is 0 Å². The molecular formula is C12H18N4O. The number of benzene rings is 1. The third-order valence-electron chi connectivity index (χ3n) is 2.86. The minimum absolute atomic E-state index is 0.266. The molecule has 1 heterocycles. The number of nitrogens with zero attached hydrogens (tertiary/aromatic N) is 1. The summed E-state index contributed by atoms with van der Waals surface area (Å²) in [5.74, 6) is 0.313. The Kier molecular flexibility index (Phi) is 3.95. The van der Waals surface area contributed by atoms with Crippen molar-refractivity contribution in [2.75, 3.05) is 18.4 Å². The molecule has 1 aliphatic heterocycles. The molecule has 0 aliphatic carbocycles. The maximum Gasteiger partial charge on any atom is 0.193 e. The van der Waals surface area contributed by atoms with Gasteiger partial charge in [0.25, 0.3) is 0 Å². The van der Waals surface area contributed by atoms with E-state index in [0.717, 1.165) is 18.5 Å². The molecule has 17 heavy (non-hydrogen) atoms. The normalized spacial score (nSPS) is 17.7. The van der Waals surface area contributed by atoms with Crippen LogP contribution in [0.3, 0.4) is 0 Å². The van der Waals surface area contributed by atoms with Gasteiger partial charge in [-0.25, -0.2) is 0 Å². The predicted octanol–water partition coefficient (Wildman–Crippen LogP) is 1.48. The average molecular weight is 234 g/mol. The monoisotopic (exact) mass is 234 g/mol. The van der Waals surface area contributed by atoms with Crippen LogP contribution in [0.25, 0.3) is 0 Å². The Labute approximate surface area is 101 Å². The first-order chi connectivity index (χ1) is 8.24. The van der Waals surface area contributed by atoms with Crippen LogP contribution in [-0.2, 0) is 0 Å². The summed E-state index contributed by atoms with van der Waals surface area (Å²) >= 11 is 0. The Balaban J connectivity index is 1.78. The van der Waals surface area contributed by atoms with Gasteiger partial charge in [0.05, 0.1) is 0 Å². The summed E-state index contributed by atoms with van der Waals surface area (Å²) in [6.45, 7) is 1.33. The zero-order valence-corrected chi connectivity index (χ0v) is 9.69. The third-order valence-corrected chi connectivity index (χ3v) is 2.86. The molecule has 0 amide bonds. The lowest BCUT2D eigenvalue weighted by molar-refractivity contribution is -0.107. The summed E-state index contributed by atoms with van der Waals surface area (Å²) < 4.78 is 0. The molecule has 1 aromatic rings. The summed E-state index contributed by atoms with van der Waals surface area (Å²) in [5, 5.41) is 24.5. The number of hydroxylamine groups is 2. The molecule has 5 heteroatoms. The molecule has 0 atom stereocenters. The van der Waals surface area contributed by atoms with Gasteiger partial charge in [-0.1, -0.05) is 18.2 Å². The van der Waals surface area contributed by atoms with Gasteiger partial charge in [-0.3, -0.25) is 5.41 Å². The minimum atomic E-state index is 0.266. The van der Waals surface area contributed by atoms with Crippen molar-refractivity contribution in [3.05, 3.63) is 30.3 Å². The molecule has 0 saturated carbocycles. The van der Waals surface area contributed by atoms with Crippen molar-refractivity contribution in [2.24, 2.45) is 0 Å². The van der Waals surface area contributed by atoms with Gasteiger partial charge >= 0.3 is 0 Å². The molecule has 0 bridgehead atoms. The van der Waals surface area contributed by atoms with Crippen LogP contribution < -0.4 is 10.6 Å². The molecule has 0 unspecified atom stereocenters. The van der Waals surface area contributed by atoms with Crippen molar-refractivity contribution in [1.82, 2.24) is 10.4 Å². The smallest absolute Gasteiger partial charge is 0.193 e. The van der Waals surface area contributed by atoms with Gasteiger partial charge in [0, 0.05) is 24.8 Å². The van der Waals surface area contributed by atoms with Crippen molar-refractivity contribution >= 4 is 11.6 Å². The first-order valence-electron chi connectivity index (χ1n) is 5.85. The van der Waals surface area contributed by atoms with E-state index in [2.05, 4.69) is 10.6 Å². The van der Waals surface area contributed by atoms with E-state index in [-0.39, 0.29) is 6.04 Å². The maximum atomic E-state index is 9.23. The summed E-state index contributed by atoms with van der Waals surface area (Å²) in [4.78, 5) is 0. The maximum absolute atomic E-state index is 9.23. The average Bonchev–Trinajstić information content (AvgIpc) is 2.33. The van der Waals surface area contributed by atoms with Gasteiger partial charge in [-0.15, -0.1) is 0 Å². The zero-order valence-electron chi connectivity index (χ0n) is 9.69. The van der Waals surface area contributed by atoms with Gasteiger partial charge in [-0.2, -0.15) is 5.06 Å². The van der Waals surface area contributed by atoms with Gasteiger partial charge in [0.15, 0.2) is 5.96 Å². The lowest BCUT2D eigenvalue weighted by atomic mass is 10.1. The zero-order chi connectivity index (χ0) is 12.1. The molecule has 1 saturated heterocycles. The first kappa shape index (κ1) is 11.9. The van der Waals surface area contributed by atoms with Crippen molar-refractivity contribution in [1.29, 1.82) is 5.41 Å². The number of hydrogen-bond donors (Lipinski definition) is 4. The van der Waals surface area contributed by atoms with E-state index in [0.29, 0.717) is 19.0 Å². The molecule has 0 aromatic heterocycles. The number of anilines is 1. The van der Waals surface area contributed by atoms with Crippen LogP contribution in [-0.4, -0.2) is 35.4 Å². The highest BCUT2D eigenvalue weighted by atomic mass is 16.5. The van der Waals surface area contributed by atoms with Gasteiger partial charge in [0.2, 0.25) is 0 Å². The van der Waals surface area contributed by atoms with Crippen LogP contribution in [0.4, 0.5) is 5.69 Å². The van der Waals surface area contributed by atoms with Crippen LogP contribution in [0.15, 0.2) is 30.3 Å². The Morgan fingerprint density at radius 1 is 1.24 bits per heavy atom. The highest BCUT2D eigenvalue weighted by Gasteiger charge is 2.18. The number of para-hydroxylation sites is 1. The molecule has 0 spiro atoms. The summed E-state index contributed by atoms with van der Waals surface area (Å²) in [5.41, 5.74) is 0.907. The minimum Gasteiger partial charge on any atom is -0.353 e. The second-order valence-electron chi connectivity index (χ2n) is 4.24. The van der Waals surface area contributed by atoms with E-state index in [9.17, 15) is 5.21 Å². The lowest BCUT2D eigenvalue weighted by Crippen LogP contribution is -2.45. The second-order valence-corrected chi connectivity index (χ2v) is 4.24. The Morgan fingerprint density at radius 3 is 2.53 bits per heavy atom. The van der Waals surface area contributed by atoms with E-state index in [1.165, 1.54) is 5.06 Å².